The zero-order valence-electron chi connectivity index (χ0n) is 14.7. The van der Waals surface area contributed by atoms with Crippen molar-refractivity contribution in [2.24, 2.45) is 5.73 Å². The molecule has 0 unspecified atom stereocenters. The summed E-state index contributed by atoms with van der Waals surface area (Å²) < 4.78 is 13.1. The molecule has 0 spiro atoms. The maximum Gasteiger partial charge on any atom is 0.250 e. The Morgan fingerprint density at radius 1 is 1.19 bits per heavy atom. The van der Waals surface area contributed by atoms with Crippen LogP contribution in [-0.2, 0) is 6.54 Å². The summed E-state index contributed by atoms with van der Waals surface area (Å²) in [5.41, 5.74) is 8.50. The lowest BCUT2D eigenvalue weighted by Crippen LogP contribution is -2.46. The first-order chi connectivity index (χ1) is 13.1. The molecule has 0 saturated carbocycles. The van der Waals surface area contributed by atoms with Gasteiger partial charge in [0.1, 0.15) is 11.3 Å². The lowest BCUT2D eigenvalue weighted by atomic mass is 10.2. The number of carbonyl (C=O) groups excluding carboxylic acids is 1. The molecule has 1 aromatic heterocycles. The number of halogens is 1. The Bertz CT molecular complexity index is 1010. The highest BCUT2D eigenvalue weighted by Crippen LogP contribution is 2.35. The normalized spacial score (nSPS) is 22.0. The average Bonchev–Trinajstić information content (AvgIpc) is 3.35. The molecule has 2 saturated heterocycles. The number of nitrogens with zero attached hydrogens (tertiary/aromatic N) is 3. The van der Waals surface area contributed by atoms with Crippen molar-refractivity contribution in [2.75, 3.05) is 18.0 Å². The number of fused-ring (bicyclic) bond motifs is 3. The summed E-state index contributed by atoms with van der Waals surface area (Å²) in [5, 5.41) is 0. The Balaban J connectivity index is 1.35. The van der Waals surface area contributed by atoms with Gasteiger partial charge in [-0.2, -0.15) is 0 Å². The van der Waals surface area contributed by atoms with Crippen molar-refractivity contribution in [3.05, 3.63) is 59.4 Å². The van der Waals surface area contributed by atoms with Crippen molar-refractivity contribution in [1.82, 2.24) is 14.9 Å². The van der Waals surface area contributed by atoms with E-state index in [1.165, 1.54) is 12.1 Å². The molecule has 1 amide bonds. The third kappa shape index (κ3) is 2.75. The Hall–Kier alpha value is -2.93. The fraction of sp³-hybridized carbons (Fsp3) is 0.300. The third-order valence-electron chi connectivity index (χ3n) is 5.69. The van der Waals surface area contributed by atoms with Crippen LogP contribution in [0.5, 0.6) is 0 Å². The SMILES string of the molecule is NC(=O)c1cccc2[nH]c(N3C[C@@H]4C[C@H]3CN4Cc3ccc(F)cc3)nc12. The molecule has 5 rings (SSSR count). The van der Waals surface area contributed by atoms with E-state index >= 15 is 0 Å². The van der Waals surface area contributed by atoms with Gasteiger partial charge in [0.2, 0.25) is 5.95 Å². The monoisotopic (exact) mass is 365 g/mol. The summed E-state index contributed by atoms with van der Waals surface area (Å²) in [6, 6.07) is 13.0. The highest BCUT2D eigenvalue weighted by molar-refractivity contribution is 6.04. The van der Waals surface area contributed by atoms with Crippen molar-refractivity contribution in [3.8, 4) is 0 Å². The summed E-state index contributed by atoms with van der Waals surface area (Å²) >= 11 is 0. The Morgan fingerprint density at radius 2 is 2.00 bits per heavy atom. The molecule has 2 atom stereocenters. The standard InChI is InChI=1S/C20H20FN5O/c21-13-6-4-12(5-7-13)9-25-10-15-8-14(25)11-26(15)20-23-17-3-1-2-16(19(22)27)18(17)24-20/h1-7,14-15H,8-11H2,(H2,22,27)(H,23,24)/t14-,15-/m0/s1. The number of imidazole rings is 1. The molecule has 2 bridgehead atoms. The second-order valence-electron chi connectivity index (χ2n) is 7.38. The first kappa shape index (κ1) is 16.3. The van der Waals surface area contributed by atoms with Gasteiger partial charge in [-0.05, 0) is 36.2 Å². The largest absolute Gasteiger partial charge is 0.366 e. The fourth-order valence-corrected chi connectivity index (χ4v) is 4.38. The van der Waals surface area contributed by atoms with Gasteiger partial charge in [-0.3, -0.25) is 9.69 Å². The third-order valence-corrected chi connectivity index (χ3v) is 5.69. The van der Waals surface area contributed by atoms with Crippen molar-refractivity contribution in [2.45, 2.75) is 25.0 Å². The van der Waals surface area contributed by atoms with E-state index < -0.39 is 5.91 Å². The molecule has 3 heterocycles. The summed E-state index contributed by atoms with van der Waals surface area (Å²) in [6.45, 7) is 2.67. The minimum atomic E-state index is -0.466. The number of piperazine rings is 1. The van der Waals surface area contributed by atoms with Crippen LogP contribution in [0.2, 0.25) is 0 Å². The number of nitrogens with one attached hydrogen (secondary N) is 1. The number of rotatable bonds is 4. The fourth-order valence-electron chi connectivity index (χ4n) is 4.38. The Labute approximate surface area is 155 Å². The molecule has 7 heteroatoms. The zero-order valence-corrected chi connectivity index (χ0v) is 14.7. The number of H-pyrrole nitrogens is 1. The number of benzene rings is 2. The number of anilines is 1. The molecule has 2 aliphatic rings. The van der Waals surface area contributed by atoms with Crippen molar-refractivity contribution in [3.63, 3.8) is 0 Å². The van der Waals surface area contributed by atoms with Crippen LogP contribution < -0.4 is 10.6 Å². The molecule has 3 N–H and O–H groups in total. The topological polar surface area (TPSA) is 78.2 Å². The molecular weight excluding hydrogens is 345 g/mol. The predicted molar refractivity (Wildman–Crippen MR) is 101 cm³/mol. The molecule has 0 radical (unpaired) electrons. The molecular formula is C20H20FN5O. The predicted octanol–water partition coefficient (Wildman–Crippen LogP) is 2.26. The first-order valence-corrected chi connectivity index (χ1v) is 9.12. The number of aromatic amines is 1. The van der Waals surface area contributed by atoms with E-state index in [-0.39, 0.29) is 5.82 Å². The molecule has 2 aromatic carbocycles. The van der Waals surface area contributed by atoms with Gasteiger partial charge in [0.15, 0.2) is 0 Å². The number of primary amides is 1. The van der Waals surface area contributed by atoms with E-state index in [1.807, 2.05) is 24.3 Å². The Kier molecular flexibility index (Phi) is 3.65. The lowest BCUT2D eigenvalue weighted by Gasteiger charge is -2.34. The van der Waals surface area contributed by atoms with Gasteiger partial charge in [-0.25, -0.2) is 9.37 Å². The number of para-hydroxylation sites is 1. The number of amides is 1. The van der Waals surface area contributed by atoms with Gasteiger partial charge < -0.3 is 15.6 Å². The van der Waals surface area contributed by atoms with Crippen LogP contribution in [0.4, 0.5) is 10.3 Å². The van der Waals surface area contributed by atoms with Gasteiger partial charge in [-0.15, -0.1) is 0 Å². The molecule has 3 aromatic rings. The summed E-state index contributed by atoms with van der Waals surface area (Å²) in [6.07, 6.45) is 1.08. The van der Waals surface area contributed by atoms with Crippen LogP contribution in [0.15, 0.2) is 42.5 Å². The summed E-state index contributed by atoms with van der Waals surface area (Å²) in [7, 11) is 0. The lowest BCUT2D eigenvalue weighted by molar-refractivity contribution is 0.100. The molecule has 6 nitrogen and oxygen atoms in total. The number of hydrogen-bond acceptors (Lipinski definition) is 4. The van der Waals surface area contributed by atoms with Gasteiger partial charge in [0.25, 0.3) is 5.91 Å². The van der Waals surface area contributed by atoms with Crippen LogP contribution in [0.3, 0.4) is 0 Å². The van der Waals surface area contributed by atoms with Gasteiger partial charge in [-0.1, -0.05) is 18.2 Å². The Morgan fingerprint density at radius 3 is 2.70 bits per heavy atom. The quantitative estimate of drug-likeness (QED) is 0.743. The van der Waals surface area contributed by atoms with Crippen LogP contribution in [0.1, 0.15) is 22.3 Å². The van der Waals surface area contributed by atoms with Crippen LogP contribution in [0.25, 0.3) is 11.0 Å². The maximum absolute atomic E-state index is 13.1. The van der Waals surface area contributed by atoms with Gasteiger partial charge in [0, 0.05) is 31.7 Å². The zero-order chi connectivity index (χ0) is 18.5. The minimum Gasteiger partial charge on any atom is -0.366 e. The molecule has 2 aliphatic heterocycles. The number of nitrogens with two attached hydrogens (primary N) is 1. The second-order valence-corrected chi connectivity index (χ2v) is 7.38. The van der Waals surface area contributed by atoms with Gasteiger partial charge >= 0.3 is 0 Å². The van der Waals surface area contributed by atoms with E-state index in [2.05, 4.69) is 19.8 Å². The second kappa shape index (κ2) is 6.06. The number of likely N-dealkylation sites (tertiary alicyclic amines) is 1. The minimum absolute atomic E-state index is 0.201. The van der Waals surface area contributed by atoms with Gasteiger partial charge in [0.05, 0.1) is 11.1 Å². The number of carbonyl (C=O) groups is 1. The smallest absolute Gasteiger partial charge is 0.250 e. The maximum atomic E-state index is 13.1. The van der Waals surface area contributed by atoms with Crippen LogP contribution >= 0.6 is 0 Å². The highest BCUT2D eigenvalue weighted by atomic mass is 19.1. The molecule has 138 valence electrons. The highest BCUT2D eigenvalue weighted by Gasteiger charge is 2.44. The van der Waals surface area contributed by atoms with Crippen LogP contribution in [0, 0.1) is 5.82 Å². The number of hydrogen-bond donors (Lipinski definition) is 2. The molecule has 2 fully saturated rings. The van der Waals surface area contributed by atoms with Crippen molar-refractivity contribution in [1.29, 1.82) is 0 Å². The van der Waals surface area contributed by atoms with Crippen LogP contribution in [-0.4, -0.2) is 45.9 Å². The summed E-state index contributed by atoms with van der Waals surface area (Å²) in [5.74, 6) is 0.132. The number of aromatic nitrogens is 2. The molecule has 27 heavy (non-hydrogen) atoms. The van der Waals surface area contributed by atoms with E-state index in [1.54, 1.807) is 6.07 Å². The van der Waals surface area contributed by atoms with E-state index in [9.17, 15) is 9.18 Å². The average molecular weight is 365 g/mol. The summed E-state index contributed by atoms with van der Waals surface area (Å²) in [4.78, 5) is 24.4. The molecule has 0 aliphatic carbocycles. The van der Waals surface area contributed by atoms with Crippen molar-refractivity contribution >= 4 is 22.9 Å². The van der Waals surface area contributed by atoms with E-state index in [0.29, 0.717) is 23.2 Å². The van der Waals surface area contributed by atoms with E-state index in [0.717, 1.165) is 43.1 Å². The first-order valence-electron chi connectivity index (χ1n) is 9.12. The van der Waals surface area contributed by atoms with E-state index in [4.69, 9.17) is 5.73 Å². The van der Waals surface area contributed by atoms with Crippen molar-refractivity contribution < 1.29 is 9.18 Å².